The Labute approximate surface area is 132 Å². The van der Waals surface area contributed by atoms with Gasteiger partial charge in [-0.3, -0.25) is 9.59 Å². The zero-order valence-corrected chi connectivity index (χ0v) is 13.5. The minimum absolute atomic E-state index is 0.0622. The second-order valence-corrected chi connectivity index (χ2v) is 6.30. The lowest BCUT2D eigenvalue weighted by Gasteiger charge is -2.37. The molecule has 21 heavy (non-hydrogen) atoms. The number of halogens is 1. The first-order chi connectivity index (χ1) is 9.90. The van der Waals surface area contributed by atoms with Gasteiger partial charge in [0.05, 0.1) is 6.54 Å². The van der Waals surface area contributed by atoms with Crippen molar-refractivity contribution in [2.24, 2.45) is 0 Å². The number of piperidine rings is 1. The molecule has 1 aliphatic rings. The normalized spacial score (nSPS) is 22.0. The summed E-state index contributed by atoms with van der Waals surface area (Å²) in [6.07, 6.45) is 1.00. The van der Waals surface area contributed by atoms with Gasteiger partial charge in [-0.1, -0.05) is 28.1 Å². The molecule has 0 saturated carbocycles. The number of hydrogen-bond acceptors (Lipinski definition) is 3. The number of carbonyl (C=O) groups is 2. The molecule has 6 heteroatoms. The van der Waals surface area contributed by atoms with Crippen molar-refractivity contribution in [3.05, 3.63) is 34.3 Å². The Balaban J connectivity index is 1.97. The maximum atomic E-state index is 12.2. The molecule has 1 saturated heterocycles. The summed E-state index contributed by atoms with van der Waals surface area (Å²) in [6.45, 7) is 2.45. The second-order valence-electron chi connectivity index (χ2n) is 5.39. The molecule has 1 fully saturated rings. The maximum Gasteiger partial charge on any atom is 0.254 e. The highest BCUT2D eigenvalue weighted by Crippen LogP contribution is 2.22. The largest absolute Gasteiger partial charge is 0.378 e. The van der Waals surface area contributed by atoms with Crippen LogP contribution in [0.15, 0.2) is 28.7 Å². The van der Waals surface area contributed by atoms with Gasteiger partial charge in [-0.25, -0.2) is 0 Å². The lowest BCUT2D eigenvalue weighted by molar-refractivity contribution is -0.150. The van der Waals surface area contributed by atoms with Crippen molar-refractivity contribution in [1.29, 1.82) is 0 Å². The minimum Gasteiger partial charge on any atom is -0.378 e. The number of nitrogens with zero attached hydrogens (tertiary/aromatic N) is 1. The third-order valence-electron chi connectivity index (χ3n) is 3.68. The van der Waals surface area contributed by atoms with Crippen LogP contribution < -0.4 is 5.32 Å². The standard InChI is InChI=1S/C15H19BrN2O3/c1-11(19)18-7-3-6-15(21,10-18)14(20)17-9-12-4-2-5-13(16)8-12/h2,4-5,8,21H,3,6-7,9-10H2,1H3,(H,17,20)/t15-/m0/s1. The maximum absolute atomic E-state index is 12.2. The SMILES string of the molecule is CC(=O)N1CCC[C@@](O)(C(=O)NCc2cccc(Br)c2)C1. The van der Waals surface area contributed by atoms with E-state index >= 15 is 0 Å². The Kier molecular flexibility index (Phi) is 5.00. The fourth-order valence-electron chi connectivity index (χ4n) is 2.48. The van der Waals surface area contributed by atoms with Gasteiger partial charge in [0.1, 0.15) is 0 Å². The summed E-state index contributed by atoms with van der Waals surface area (Å²) in [5.41, 5.74) is -0.545. The zero-order chi connectivity index (χ0) is 15.5. The number of carbonyl (C=O) groups excluding carboxylic acids is 2. The molecule has 1 atom stereocenters. The molecule has 0 aliphatic carbocycles. The van der Waals surface area contributed by atoms with Crippen molar-refractivity contribution in [2.45, 2.75) is 31.9 Å². The molecule has 114 valence electrons. The molecule has 5 nitrogen and oxygen atoms in total. The number of β-amino-alcohol motifs (C(OH)–C–C–N with tert-alkyl or cyclic N) is 1. The van der Waals surface area contributed by atoms with Crippen LogP contribution in [0.1, 0.15) is 25.3 Å². The Morgan fingerprint density at radius 1 is 1.48 bits per heavy atom. The van der Waals surface area contributed by atoms with Crippen LogP contribution in [0.5, 0.6) is 0 Å². The van der Waals surface area contributed by atoms with E-state index in [-0.39, 0.29) is 12.5 Å². The molecule has 1 heterocycles. The molecule has 0 radical (unpaired) electrons. The van der Waals surface area contributed by atoms with Gasteiger partial charge >= 0.3 is 0 Å². The van der Waals surface area contributed by atoms with E-state index in [0.29, 0.717) is 25.9 Å². The molecular formula is C15H19BrN2O3. The van der Waals surface area contributed by atoms with Crippen LogP contribution in [-0.2, 0) is 16.1 Å². The van der Waals surface area contributed by atoms with Crippen molar-refractivity contribution in [1.82, 2.24) is 10.2 Å². The third-order valence-corrected chi connectivity index (χ3v) is 4.17. The topological polar surface area (TPSA) is 69.6 Å². The fourth-order valence-corrected chi connectivity index (χ4v) is 2.93. The average Bonchev–Trinajstić information content (AvgIpc) is 2.44. The lowest BCUT2D eigenvalue weighted by atomic mass is 9.91. The van der Waals surface area contributed by atoms with Gasteiger partial charge in [-0.15, -0.1) is 0 Å². The van der Waals surface area contributed by atoms with Gasteiger partial charge < -0.3 is 15.3 Å². The molecule has 2 rings (SSSR count). The Morgan fingerprint density at radius 2 is 2.24 bits per heavy atom. The fraction of sp³-hybridized carbons (Fsp3) is 0.467. The van der Waals surface area contributed by atoms with Crippen molar-refractivity contribution >= 4 is 27.7 Å². The van der Waals surface area contributed by atoms with Gasteiger partial charge in [0.25, 0.3) is 5.91 Å². The van der Waals surface area contributed by atoms with E-state index in [2.05, 4.69) is 21.2 Å². The number of aliphatic hydroxyl groups is 1. The van der Waals surface area contributed by atoms with Gasteiger partial charge in [-0.2, -0.15) is 0 Å². The van der Waals surface area contributed by atoms with Gasteiger partial charge in [-0.05, 0) is 30.5 Å². The average molecular weight is 355 g/mol. The minimum atomic E-state index is -1.49. The molecule has 0 aromatic heterocycles. The molecule has 0 bridgehead atoms. The number of amides is 2. The highest BCUT2D eigenvalue weighted by molar-refractivity contribution is 9.10. The summed E-state index contributed by atoms with van der Waals surface area (Å²) in [5.74, 6) is -0.540. The van der Waals surface area contributed by atoms with Crippen LogP contribution in [0.4, 0.5) is 0 Å². The molecular weight excluding hydrogens is 336 g/mol. The monoisotopic (exact) mass is 354 g/mol. The molecule has 2 N–H and O–H groups in total. The first-order valence-corrected chi connectivity index (χ1v) is 7.71. The quantitative estimate of drug-likeness (QED) is 0.862. The van der Waals surface area contributed by atoms with Crippen molar-refractivity contribution in [2.75, 3.05) is 13.1 Å². The second kappa shape index (κ2) is 6.58. The van der Waals surface area contributed by atoms with E-state index in [0.717, 1.165) is 10.0 Å². The summed E-state index contributed by atoms with van der Waals surface area (Å²) >= 11 is 3.37. The summed E-state index contributed by atoms with van der Waals surface area (Å²) in [5, 5.41) is 13.2. The predicted octanol–water partition coefficient (Wildman–Crippen LogP) is 1.44. The summed E-state index contributed by atoms with van der Waals surface area (Å²) in [7, 11) is 0. The number of rotatable bonds is 3. The Hall–Kier alpha value is -1.40. The van der Waals surface area contributed by atoms with Crippen LogP contribution in [0.25, 0.3) is 0 Å². The van der Waals surface area contributed by atoms with Crippen molar-refractivity contribution in [3.8, 4) is 0 Å². The predicted molar refractivity (Wildman–Crippen MR) is 82.4 cm³/mol. The highest BCUT2D eigenvalue weighted by atomic mass is 79.9. The van der Waals surface area contributed by atoms with Crippen LogP contribution in [0, 0.1) is 0 Å². The summed E-state index contributed by atoms with van der Waals surface area (Å²) in [4.78, 5) is 25.2. The van der Waals surface area contributed by atoms with Crippen molar-refractivity contribution < 1.29 is 14.7 Å². The van der Waals surface area contributed by atoms with E-state index in [1.54, 1.807) is 0 Å². The van der Waals surface area contributed by atoms with Crippen molar-refractivity contribution in [3.63, 3.8) is 0 Å². The number of hydrogen-bond donors (Lipinski definition) is 2. The number of nitrogens with one attached hydrogen (secondary N) is 1. The highest BCUT2D eigenvalue weighted by Gasteiger charge is 2.40. The van der Waals surface area contributed by atoms with Gasteiger partial charge in [0.2, 0.25) is 5.91 Å². The van der Waals surface area contributed by atoms with E-state index in [1.165, 1.54) is 11.8 Å². The van der Waals surface area contributed by atoms with E-state index in [4.69, 9.17) is 0 Å². The van der Waals surface area contributed by atoms with Crippen LogP contribution in [-0.4, -0.2) is 40.5 Å². The van der Waals surface area contributed by atoms with Crippen LogP contribution in [0.2, 0.25) is 0 Å². The summed E-state index contributed by atoms with van der Waals surface area (Å²) in [6, 6.07) is 7.61. The van der Waals surface area contributed by atoms with E-state index < -0.39 is 11.5 Å². The Bertz CT molecular complexity index is 549. The summed E-state index contributed by atoms with van der Waals surface area (Å²) < 4.78 is 0.938. The lowest BCUT2D eigenvalue weighted by Crippen LogP contribution is -2.57. The third kappa shape index (κ3) is 4.04. The van der Waals surface area contributed by atoms with E-state index in [9.17, 15) is 14.7 Å². The number of benzene rings is 1. The van der Waals surface area contributed by atoms with Crippen LogP contribution >= 0.6 is 15.9 Å². The first kappa shape index (κ1) is 16.0. The van der Waals surface area contributed by atoms with Crippen LogP contribution in [0.3, 0.4) is 0 Å². The Morgan fingerprint density at radius 3 is 2.90 bits per heavy atom. The zero-order valence-electron chi connectivity index (χ0n) is 11.9. The molecule has 1 aromatic rings. The van der Waals surface area contributed by atoms with Gasteiger partial charge in [0, 0.05) is 24.5 Å². The molecule has 2 amide bonds. The molecule has 1 aliphatic heterocycles. The smallest absolute Gasteiger partial charge is 0.254 e. The molecule has 1 aromatic carbocycles. The van der Waals surface area contributed by atoms with E-state index in [1.807, 2.05) is 24.3 Å². The molecule has 0 spiro atoms. The molecule has 0 unspecified atom stereocenters. The first-order valence-electron chi connectivity index (χ1n) is 6.91. The van der Waals surface area contributed by atoms with Gasteiger partial charge in [0.15, 0.2) is 5.60 Å². The number of likely N-dealkylation sites (tertiary alicyclic amines) is 1.